The van der Waals surface area contributed by atoms with Gasteiger partial charge in [-0.05, 0) is 18.2 Å². The van der Waals surface area contributed by atoms with E-state index in [1.54, 1.807) is 6.07 Å². The van der Waals surface area contributed by atoms with E-state index in [0.29, 0.717) is 10.9 Å². The summed E-state index contributed by atoms with van der Waals surface area (Å²) < 4.78 is 12.7. The summed E-state index contributed by atoms with van der Waals surface area (Å²) in [4.78, 5) is 7.67. The highest BCUT2D eigenvalue weighted by Gasteiger charge is 1.97. The Morgan fingerprint density at radius 3 is 3.00 bits per heavy atom. The van der Waals surface area contributed by atoms with E-state index in [1.807, 2.05) is 0 Å². The van der Waals surface area contributed by atoms with E-state index in [2.05, 4.69) is 9.97 Å². The third-order valence-electron chi connectivity index (χ3n) is 1.56. The number of nitrogen functional groups attached to an aromatic ring is 1. The van der Waals surface area contributed by atoms with E-state index in [9.17, 15) is 4.39 Å². The Balaban J connectivity index is 2.79. The van der Waals surface area contributed by atoms with Crippen LogP contribution in [0.5, 0.6) is 0 Å². The third kappa shape index (κ3) is 1.07. The largest absolute Gasteiger partial charge is 0.368 e. The predicted molar refractivity (Wildman–Crippen MR) is 43.9 cm³/mol. The molecule has 4 heteroatoms. The monoisotopic (exact) mass is 163 g/mol. The summed E-state index contributed by atoms with van der Waals surface area (Å²) in [5, 5.41) is 0.657. The number of rotatable bonds is 0. The average molecular weight is 163 g/mol. The Hall–Kier alpha value is -1.71. The molecule has 0 spiro atoms. The Bertz CT molecular complexity index is 386. The number of hydrogen-bond donors (Lipinski definition) is 1. The zero-order valence-electron chi connectivity index (χ0n) is 6.16. The lowest BCUT2D eigenvalue weighted by Gasteiger charge is -1.96. The van der Waals surface area contributed by atoms with E-state index in [0.717, 1.165) is 0 Å². The summed E-state index contributed by atoms with van der Waals surface area (Å²) in [6.07, 6.45) is 1.50. The summed E-state index contributed by atoms with van der Waals surface area (Å²) in [7, 11) is 0. The highest BCUT2D eigenvalue weighted by molar-refractivity contribution is 5.78. The first-order valence-corrected chi connectivity index (χ1v) is 3.43. The molecular formula is C8H6FN3. The molecule has 2 aromatic rings. The molecule has 0 bridgehead atoms. The molecular weight excluding hydrogens is 157 g/mol. The first-order valence-electron chi connectivity index (χ1n) is 3.43. The molecule has 0 aliphatic heterocycles. The molecule has 0 atom stereocenters. The van der Waals surface area contributed by atoms with Crippen molar-refractivity contribution in [3.05, 3.63) is 30.2 Å². The van der Waals surface area contributed by atoms with Crippen molar-refractivity contribution in [2.75, 3.05) is 5.73 Å². The number of benzene rings is 1. The van der Waals surface area contributed by atoms with Crippen LogP contribution in [0.15, 0.2) is 24.4 Å². The molecule has 0 aliphatic rings. The highest BCUT2D eigenvalue weighted by atomic mass is 19.1. The topological polar surface area (TPSA) is 51.8 Å². The first-order chi connectivity index (χ1) is 5.75. The zero-order chi connectivity index (χ0) is 8.55. The van der Waals surface area contributed by atoms with E-state index in [-0.39, 0.29) is 11.8 Å². The van der Waals surface area contributed by atoms with Gasteiger partial charge in [0.05, 0.1) is 5.52 Å². The van der Waals surface area contributed by atoms with Crippen molar-refractivity contribution in [3.63, 3.8) is 0 Å². The number of halogens is 1. The van der Waals surface area contributed by atoms with Crippen LogP contribution < -0.4 is 5.73 Å². The molecule has 12 heavy (non-hydrogen) atoms. The second-order valence-corrected chi connectivity index (χ2v) is 2.43. The second-order valence-electron chi connectivity index (χ2n) is 2.43. The van der Waals surface area contributed by atoms with Gasteiger partial charge in [-0.15, -0.1) is 0 Å². The zero-order valence-corrected chi connectivity index (χ0v) is 6.16. The van der Waals surface area contributed by atoms with Gasteiger partial charge in [0.25, 0.3) is 0 Å². The van der Waals surface area contributed by atoms with Gasteiger partial charge in [0, 0.05) is 11.6 Å². The summed E-state index contributed by atoms with van der Waals surface area (Å²) in [5.74, 6) is -0.0926. The lowest BCUT2D eigenvalue weighted by molar-refractivity contribution is 0.629. The minimum absolute atomic E-state index is 0.203. The van der Waals surface area contributed by atoms with Crippen molar-refractivity contribution in [3.8, 4) is 0 Å². The Morgan fingerprint density at radius 2 is 2.17 bits per heavy atom. The maximum atomic E-state index is 12.7. The van der Waals surface area contributed by atoms with Gasteiger partial charge in [0.1, 0.15) is 5.82 Å². The van der Waals surface area contributed by atoms with Crippen molar-refractivity contribution < 1.29 is 4.39 Å². The fourth-order valence-corrected chi connectivity index (χ4v) is 1.02. The lowest BCUT2D eigenvalue weighted by atomic mass is 10.2. The van der Waals surface area contributed by atoms with E-state index >= 15 is 0 Å². The smallest absolute Gasteiger partial charge is 0.220 e. The maximum Gasteiger partial charge on any atom is 0.220 e. The molecule has 0 saturated heterocycles. The Kier molecular flexibility index (Phi) is 1.40. The molecule has 1 aromatic heterocycles. The minimum atomic E-state index is -0.295. The number of anilines is 1. The van der Waals surface area contributed by atoms with Gasteiger partial charge in [0.15, 0.2) is 0 Å². The molecule has 0 amide bonds. The number of nitrogens with zero attached hydrogens (tertiary/aromatic N) is 2. The summed E-state index contributed by atoms with van der Waals surface area (Å²) in [5.41, 5.74) is 6.00. The van der Waals surface area contributed by atoms with Crippen molar-refractivity contribution in [1.82, 2.24) is 9.97 Å². The van der Waals surface area contributed by atoms with Crippen LogP contribution in [0.4, 0.5) is 10.3 Å². The van der Waals surface area contributed by atoms with Crippen LogP contribution in [0.25, 0.3) is 10.9 Å². The number of aromatic nitrogens is 2. The summed E-state index contributed by atoms with van der Waals surface area (Å²) in [6, 6.07) is 4.28. The van der Waals surface area contributed by atoms with Crippen LogP contribution in [0.1, 0.15) is 0 Å². The van der Waals surface area contributed by atoms with Gasteiger partial charge >= 0.3 is 0 Å². The number of fused-ring (bicyclic) bond motifs is 1. The van der Waals surface area contributed by atoms with Gasteiger partial charge in [-0.25, -0.2) is 14.4 Å². The van der Waals surface area contributed by atoms with Gasteiger partial charge in [-0.2, -0.15) is 0 Å². The van der Waals surface area contributed by atoms with Crippen LogP contribution in [0, 0.1) is 5.82 Å². The molecule has 60 valence electrons. The van der Waals surface area contributed by atoms with Crippen LogP contribution >= 0.6 is 0 Å². The number of hydrogen-bond acceptors (Lipinski definition) is 3. The molecule has 0 radical (unpaired) electrons. The molecule has 1 aromatic carbocycles. The fourth-order valence-electron chi connectivity index (χ4n) is 1.02. The predicted octanol–water partition coefficient (Wildman–Crippen LogP) is 1.35. The first kappa shape index (κ1) is 6.97. The third-order valence-corrected chi connectivity index (χ3v) is 1.56. The van der Waals surface area contributed by atoms with Crippen LogP contribution in [0.2, 0.25) is 0 Å². The van der Waals surface area contributed by atoms with Crippen LogP contribution in [-0.4, -0.2) is 9.97 Å². The van der Waals surface area contributed by atoms with Crippen molar-refractivity contribution in [1.29, 1.82) is 0 Å². The van der Waals surface area contributed by atoms with Gasteiger partial charge in [-0.3, -0.25) is 0 Å². The van der Waals surface area contributed by atoms with E-state index < -0.39 is 0 Å². The molecule has 3 nitrogen and oxygen atoms in total. The van der Waals surface area contributed by atoms with E-state index in [4.69, 9.17) is 5.73 Å². The standard InChI is InChI=1S/C8H6FN3/c9-6-1-2-7-5(3-6)4-11-8(10)12-7/h1-4H,(H2,10,11,12). The normalized spacial score (nSPS) is 10.4. The second kappa shape index (κ2) is 2.41. The number of nitrogens with two attached hydrogens (primary N) is 1. The molecule has 0 aliphatic carbocycles. The van der Waals surface area contributed by atoms with Crippen molar-refractivity contribution in [2.24, 2.45) is 0 Å². The molecule has 0 fully saturated rings. The molecule has 2 rings (SSSR count). The van der Waals surface area contributed by atoms with Crippen LogP contribution in [0.3, 0.4) is 0 Å². The molecule has 0 unspecified atom stereocenters. The molecule has 2 N–H and O–H groups in total. The Labute approximate surface area is 68.1 Å². The van der Waals surface area contributed by atoms with Gasteiger partial charge < -0.3 is 5.73 Å². The SMILES string of the molecule is Nc1ncc2cc(F)ccc2n1. The average Bonchev–Trinajstić information content (AvgIpc) is 2.05. The fraction of sp³-hybridized carbons (Fsp3) is 0. The maximum absolute atomic E-state index is 12.7. The quantitative estimate of drug-likeness (QED) is 0.637. The lowest BCUT2D eigenvalue weighted by Crippen LogP contribution is -1.93. The van der Waals surface area contributed by atoms with Crippen molar-refractivity contribution >= 4 is 16.9 Å². The highest BCUT2D eigenvalue weighted by Crippen LogP contribution is 2.12. The van der Waals surface area contributed by atoms with Crippen LogP contribution in [-0.2, 0) is 0 Å². The molecule has 0 saturated carbocycles. The van der Waals surface area contributed by atoms with Gasteiger partial charge in [-0.1, -0.05) is 0 Å². The Morgan fingerprint density at radius 1 is 1.33 bits per heavy atom. The minimum Gasteiger partial charge on any atom is -0.368 e. The summed E-state index contributed by atoms with van der Waals surface area (Å²) in [6.45, 7) is 0. The van der Waals surface area contributed by atoms with Gasteiger partial charge in [0.2, 0.25) is 5.95 Å². The van der Waals surface area contributed by atoms with Crippen molar-refractivity contribution in [2.45, 2.75) is 0 Å². The molecule has 1 heterocycles. The summed E-state index contributed by atoms with van der Waals surface area (Å²) >= 11 is 0. The van der Waals surface area contributed by atoms with E-state index in [1.165, 1.54) is 18.3 Å².